The molecule has 4 nitrogen and oxygen atoms in total. The van der Waals surface area contributed by atoms with Crippen molar-refractivity contribution in [3.8, 4) is 5.75 Å². The molecule has 3 N–H and O–H groups in total. The minimum atomic E-state index is 0.135. The van der Waals surface area contributed by atoms with Gasteiger partial charge in [0.05, 0.1) is 11.6 Å². The van der Waals surface area contributed by atoms with Gasteiger partial charge in [0.15, 0.2) is 0 Å². The lowest BCUT2D eigenvalue weighted by atomic mass is 10.2. The zero-order valence-corrected chi connectivity index (χ0v) is 9.33. The summed E-state index contributed by atoms with van der Waals surface area (Å²) in [4.78, 5) is 7.07. The first-order valence-electron chi connectivity index (χ1n) is 4.92. The predicted molar refractivity (Wildman–Crippen MR) is 62.2 cm³/mol. The molecule has 0 aliphatic heterocycles. The van der Waals surface area contributed by atoms with Crippen molar-refractivity contribution in [1.29, 1.82) is 0 Å². The summed E-state index contributed by atoms with van der Waals surface area (Å²) >= 11 is 5.80. The largest absolute Gasteiger partial charge is 0.506 e. The third kappa shape index (κ3) is 2.53. The molecule has 2 aromatic rings. The summed E-state index contributed by atoms with van der Waals surface area (Å²) in [7, 11) is 0. The van der Waals surface area contributed by atoms with Crippen LogP contribution in [-0.2, 0) is 13.1 Å². The van der Waals surface area contributed by atoms with Gasteiger partial charge in [0.25, 0.3) is 0 Å². The second-order valence-corrected chi connectivity index (χ2v) is 3.79. The number of nitrogens with one attached hydrogen (secondary N) is 2. The summed E-state index contributed by atoms with van der Waals surface area (Å²) in [5.41, 5.74) is 0.777. The highest BCUT2D eigenvalue weighted by atomic mass is 35.5. The van der Waals surface area contributed by atoms with Gasteiger partial charge in [0.2, 0.25) is 0 Å². The number of hydrogen-bond donors (Lipinski definition) is 3. The SMILES string of the molecule is Oc1c(Cl)cccc1CNCc1ncc[nH]1. The van der Waals surface area contributed by atoms with Crippen LogP contribution < -0.4 is 5.32 Å². The smallest absolute Gasteiger partial charge is 0.138 e. The highest BCUT2D eigenvalue weighted by molar-refractivity contribution is 6.32. The monoisotopic (exact) mass is 237 g/mol. The number of aromatic amines is 1. The van der Waals surface area contributed by atoms with E-state index in [2.05, 4.69) is 15.3 Å². The summed E-state index contributed by atoms with van der Waals surface area (Å²) < 4.78 is 0. The van der Waals surface area contributed by atoms with Crippen LogP contribution in [0.4, 0.5) is 0 Å². The number of aromatic nitrogens is 2. The van der Waals surface area contributed by atoms with E-state index in [0.29, 0.717) is 18.1 Å². The number of aromatic hydroxyl groups is 1. The summed E-state index contributed by atoms with van der Waals surface area (Å²) in [5.74, 6) is 0.998. The number of para-hydroxylation sites is 1. The maximum Gasteiger partial charge on any atom is 0.138 e. The second-order valence-electron chi connectivity index (χ2n) is 3.39. The Morgan fingerprint density at radius 1 is 1.38 bits per heavy atom. The fraction of sp³-hybridized carbons (Fsp3) is 0.182. The van der Waals surface area contributed by atoms with Gasteiger partial charge in [-0.05, 0) is 6.07 Å². The van der Waals surface area contributed by atoms with Crippen LogP contribution in [0, 0.1) is 0 Å². The topological polar surface area (TPSA) is 60.9 Å². The molecule has 0 saturated heterocycles. The van der Waals surface area contributed by atoms with Crippen LogP contribution >= 0.6 is 11.6 Å². The second kappa shape index (κ2) is 5.01. The summed E-state index contributed by atoms with van der Waals surface area (Å²) in [5, 5.41) is 13.2. The number of phenols is 1. The van der Waals surface area contributed by atoms with E-state index in [4.69, 9.17) is 11.6 Å². The van der Waals surface area contributed by atoms with Gasteiger partial charge in [-0.2, -0.15) is 0 Å². The molecule has 0 bridgehead atoms. The lowest BCUT2D eigenvalue weighted by Crippen LogP contribution is -2.13. The van der Waals surface area contributed by atoms with Crippen molar-refractivity contribution in [2.45, 2.75) is 13.1 Å². The Hall–Kier alpha value is -1.52. The van der Waals surface area contributed by atoms with E-state index in [-0.39, 0.29) is 5.75 Å². The van der Waals surface area contributed by atoms with Gasteiger partial charge in [-0.15, -0.1) is 0 Å². The first-order chi connectivity index (χ1) is 7.77. The fourth-order valence-corrected chi connectivity index (χ4v) is 1.61. The number of H-pyrrole nitrogens is 1. The van der Waals surface area contributed by atoms with Gasteiger partial charge in [-0.1, -0.05) is 23.7 Å². The summed E-state index contributed by atoms with van der Waals surface area (Å²) in [6, 6.07) is 5.30. The Labute approximate surface area is 98.3 Å². The molecule has 5 heteroatoms. The molecule has 84 valence electrons. The number of benzene rings is 1. The molecule has 0 saturated carbocycles. The summed E-state index contributed by atoms with van der Waals surface area (Å²) in [6.45, 7) is 1.17. The lowest BCUT2D eigenvalue weighted by Gasteiger charge is -2.06. The minimum Gasteiger partial charge on any atom is -0.506 e. The maximum atomic E-state index is 9.66. The average molecular weight is 238 g/mol. The molecule has 1 aromatic heterocycles. The van der Waals surface area contributed by atoms with Crippen LogP contribution in [0.1, 0.15) is 11.4 Å². The number of halogens is 1. The highest BCUT2D eigenvalue weighted by Gasteiger charge is 2.04. The first-order valence-corrected chi connectivity index (χ1v) is 5.30. The van der Waals surface area contributed by atoms with Gasteiger partial charge < -0.3 is 15.4 Å². The van der Waals surface area contributed by atoms with Crippen LogP contribution in [-0.4, -0.2) is 15.1 Å². The molecule has 0 unspecified atom stereocenters. The Balaban J connectivity index is 1.92. The van der Waals surface area contributed by atoms with Crippen LogP contribution in [0.15, 0.2) is 30.6 Å². The molecule has 1 heterocycles. The number of hydrogen-bond acceptors (Lipinski definition) is 3. The molecule has 16 heavy (non-hydrogen) atoms. The van der Waals surface area contributed by atoms with Crippen molar-refractivity contribution in [2.75, 3.05) is 0 Å². The molecule has 0 fully saturated rings. The standard InChI is InChI=1S/C11H12ClN3O/c12-9-3-1-2-8(11(9)16)6-13-7-10-14-4-5-15-10/h1-5,13,16H,6-7H2,(H,14,15). The number of imidazole rings is 1. The van der Waals surface area contributed by atoms with Gasteiger partial charge >= 0.3 is 0 Å². The predicted octanol–water partition coefficient (Wildman–Crippen LogP) is 2.06. The van der Waals surface area contributed by atoms with E-state index in [1.54, 1.807) is 18.5 Å². The molecular formula is C11H12ClN3O. The third-order valence-electron chi connectivity index (χ3n) is 2.23. The fourth-order valence-electron chi connectivity index (χ4n) is 1.41. The molecule has 0 radical (unpaired) electrons. The molecule has 0 aliphatic rings. The van der Waals surface area contributed by atoms with E-state index in [1.165, 1.54) is 0 Å². The van der Waals surface area contributed by atoms with Crippen LogP contribution in [0.5, 0.6) is 5.75 Å². The average Bonchev–Trinajstić information content (AvgIpc) is 2.77. The summed E-state index contributed by atoms with van der Waals surface area (Å²) in [6.07, 6.45) is 3.47. The van der Waals surface area contributed by atoms with E-state index in [9.17, 15) is 5.11 Å². The van der Waals surface area contributed by atoms with E-state index >= 15 is 0 Å². The van der Waals surface area contributed by atoms with Crippen molar-refractivity contribution in [2.24, 2.45) is 0 Å². The zero-order valence-electron chi connectivity index (χ0n) is 8.57. The molecule has 0 atom stereocenters. The molecule has 0 spiro atoms. The van der Waals surface area contributed by atoms with Gasteiger partial charge in [0, 0.05) is 24.5 Å². The van der Waals surface area contributed by atoms with Gasteiger partial charge in [-0.25, -0.2) is 4.98 Å². The third-order valence-corrected chi connectivity index (χ3v) is 2.54. The maximum absolute atomic E-state index is 9.66. The van der Waals surface area contributed by atoms with Gasteiger partial charge in [-0.3, -0.25) is 0 Å². The Kier molecular flexibility index (Phi) is 3.44. The lowest BCUT2D eigenvalue weighted by molar-refractivity contribution is 0.464. The molecule has 2 rings (SSSR count). The Bertz CT molecular complexity index is 456. The first kappa shape index (κ1) is 11.0. The Morgan fingerprint density at radius 2 is 2.25 bits per heavy atom. The zero-order chi connectivity index (χ0) is 11.4. The van der Waals surface area contributed by atoms with Crippen LogP contribution in [0.3, 0.4) is 0 Å². The molecule has 1 aromatic carbocycles. The molecular weight excluding hydrogens is 226 g/mol. The normalized spacial score (nSPS) is 10.6. The van der Waals surface area contributed by atoms with Crippen LogP contribution in [0.25, 0.3) is 0 Å². The number of rotatable bonds is 4. The van der Waals surface area contributed by atoms with Crippen LogP contribution in [0.2, 0.25) is 5.02 Å². The number of nitrogens with zero attached hydrogens (tertiary/aromatic N) is 1. The van der Waals surface area contributed by atoms with Crippen molar-refractivity contribution >= 4 is 11.6 Å². The van der Waals surface area contributed by atoms with Crippen molar-refractivity contribution in [3.63, 3.8) is 0 Å². The highest BCUT2D eigenvalue weighted by Crippen LogP contribution is 2.26. The minimum absolute atomic E-state index is 0.135. The van der Waals surface area contributed by atoms with Gasteiger partial charge in [0.1, 0.15) is 11.6 Å². The quantitative estimate of drug-likeness (QED) is 0.763. The molecule has 0 amide bonds. The Morgan fingerprint density at radius 3 is 3.00 bits per heavy atom. The molecule has 0 aliphatic carbocycles. The van der Waals surface area contributed by atoms with Crippen molar-refractivity contribution in [3.05, 3.63) is 47.0 Å². The van der Waals surface area contributed by atoms with Crippen molar-refractivity contribution < 1.29 is 5.11 Å². The van der Waals surface area contributed by atoms with Crippen molar-refractivity contribution in [1.82, 2.24) is 15.3 Å². The van der Waals surface area contributed by atoms with E-state index in [1.807, 2.05) is 12.1 Å². The number of phenolic OH excluding ortho intramolecular Hbond substituents is 1. The van der Waals surface area contributed by atoms with E-state index in [0.717, 1.165) is 11.4 Å². The van der Waals surface area contributed by atoms with E-state index < -0.39 is 0 Å².